The maximum absolute atomic E-state index is 11.2. The first-order valence-corrected chi connectivity index (χ1v) is 4.17. The molecule has 76 valence electrons. The second-order valence-corrected chi connectivity index (χ2v) is 2.58. The van der Waals surface area contributed by atoms with Gasteiger partial charge in [-0.15, -0.1) is 0 Å². The summed E-state index contributed by atoms with van der Waals surface area (Å²) in [6.07, 6.45) is 0. The molecule has 2 N–H and O–H groups in total. The molecule has 0 aromatic carbocycles. The summed E-state index contributed by atoms with van der Waals surface area (Å²) >= 11 is 0. The number of hydrogen-bond acceptors (Lipinski definition) is 4. The van der Waals surface area contributed by atoms with Gasteiger partial charge in [0.05, 0.1) is 12.8 Å². The van der Waals surface area contributed by atoms with Crippen LogP contribution in [0.15, 0.2) is 12.1 Å². The minimum Gasteiger partial charge on any atom is -0.480 e. The number of hydrogen-bond donors (Lipinski definition) is 2. The van der Waals surface area contributed by atoms with E-state index in [-0.39, 0.29) is 5.91 Å². The van der Waals surface area contributed by atoms with E-state index in [0.717, 1.165) is 5.69 Å². The number of nitrogens with one attached hydrogen (secondary N) is 2. The van der Waals surface area contributed by atoms with Crippen LogP contribution in [0.25, 0.3) is 0 Å². The van der Waals surface area contributed by atoms with Crippen LogP contribution in [0.4, 0.5) is 5.69 Å². The van der Waals surface area contributed by atoms with Crippen molar-refractivity contribution in [3.05, 3.63) is 17.8 Å². The number of amides is 1. The lowest BCUT2D eigenvalue weighted by atomic mass is 10.3. The average Bonchev–Trinajstić information content (AvgIpc) is 2.26. The molecular weight excluding hydrogens is 182 g/mol. The van der Waals surface area contributed by atoms with Crippen molar-refractivity contribution in [1.82, 2.24) is 10.3 Å². The second-order valence-electron chi connectivity index (χ2n) is 2.58. The molecule has 0 spiro atoms. The van der Waals surface area contributed by atoms with Gasteiger partial charge < -0.3 is 15.4 Å². The molecule has 14 heavy (non-hydrogen) atoms. The molecule has 0 fully saturated rings. The zero-order chi connectivity index (χ0) is 10.6. The summed E-state index contributed by atoms with van der Waals surface area (Å²) in [5, 5.41) is 5.40. The molecule has 0 atom stereocenters. The molecule has 0 bridgehead atoms. The van der Waals surface area contributed by atoms with Gasteiger partial charge in [-0.2, -0.15) is 0 Å². The van der Waals surface area contributed by atoms with Crippen LogP contribution < -0.4 is 15.4 Å². The van der Waals surface area contributed by atoms with Crippen LogP contribution in [0.1, 0.15) is 10.5 Å². The first-order chi connectivity index (χ1) is 6.72. The smallest absolute Gasteiger partial charge is 0.269 e. The summed E-state index contributed by atoms with van der Waals surface area (Å²) in [5.74, 6) is 0.180. The zero-order valence-corrected chi connectivity index (χ0v) is 8.42. The molecule has 1 amide bonds. The number of nitrogens with zero attached hydrogens (tertiary/aromatic N) is 1. The molecule has 5 heteroatoms. The van der Waals surface area contributed by atoms with Gasteiger partial charge in [-0.3, -0.25) is 4.79 Å². The van der Waals surface area contributed by atoms with Gasteiger partial charge in [0.15, 0.2) is 0 Å². The number of carbonyl (C=O) groups is 1. The van der Waals surface area contributed by atoms with Crippen LogP contribution >= 0.6 is 0 Å². The van der Waals surface area contributed by atoms with Crippen LogP contribution in [-0.2, 0) is 0 Å². The van der Waals surface area contributed by atoms with Gasteiger partial charge in [-0.25, -0.2) is 4.98 Å². The van der Waals surface area contributed by atoms with Crippen molar-refractivity contribution in [3.63, 3.8) is 0 Å². The van der Waals surface area contributed by atoms with Crippen molar-refractivity contribution in [3.8, 4) is 5.88 Å². The van der Waals surface area contributed by atoms with Crippen LogP contribution in [0.5, 0.6) is 5.88 Å². The number of anilines is 1. The minimum atomic E-state index is -0.231. The van der Waals surface area contributed by atoms with E-state index < -0.39 is 0 Å². The molecule has 0 unspecified atom stereocenters. The van der Waals surface area contributed by atoms with Gasteiger partial charge in [-0.1, -0.05) is 0 Å². The first kappa shape index (κ1) is 10.3. The molecule has 1 heterocycles. The summed E-state index contributed by atoms with van der Waals surface area (Å²) in [5.41, 5.74) is 1.09. The number of rotatable bonds is 3. The lowest BCUT2D eigenvalue weighted by Crippen LogP contribution is -2.19. The van der Waals surface area contributed by atoms with Crippen molar-refractivity contribution < 1.29 is 9.53 Å². The number of pyridine rings is 1. The fourth-order valence-corrected chi connectivity index (χ4v) is 1.04. The Morgan fingerprint density at radius 2 is 2.14 bits per heavy atom. The summed E-state index contributed by atoms with van der Waals surface area (Å²) in [7, 11) is 4.83. The minimum absolute atomic E-state index is 0.231. The van der Waals surface area contributed by atoms with Gasteiger partial charge in [0.2, 0.25) is 5.88 Å². The van der Waals surface area contributed by atoms with E-state index in [4.69, 9.17) is 4.74 Å². The molecule has 1 rings (SSSR count). The maximum Gasteiger partial charge on any atom is 0.269 e. The summed E-state index contributed by atoms with van der Waals surface area (Å²) < 4.78 is 5.02. The molecule has 1 aromatic heterocycles. The lowest BCUT2D eigenvalue weighted by molar-refractivity contribution is 0.0957. The van der Waals surface area contributed by atoms with E-state index in [0.29, 0.717) is 11.6 Å². The molecular formula is C9H13N3O2. The Hall–Kier alpha value is -1.78. The Bertz CT molecular complexity index is 339. The fourth-order valence-electron chi connectivity index (χ4n) is 1.04. The Morgan fingerprint density at radius 3 is 2.64 bits per heavy atom. The summed E-state index contributed by atoms with van der Waals surface area (Å²) in [6.45, 7) is 0. The molecule has 0 aliphatic heterocycles. The predicted octanol–water partition coefficient (Wildman–Crippen LogP) is 0.491. The average molecular weight is 195 g/mol. The molecule has 0 aliphatic carbocycles. The Kier molecular flexibility index (Phi) is 3.28. The number of carbonyl (C=O) groups excluding carboxylic acids is 1. The summed E-state index contributed by atoms with van der Waals surface area (Å²) in [6, 6.07) is 3.38. The maximum atomic E-state index is 11.2. The van der Waals surface area contributed by atoms with E-state index >= 15 is 0 Å². The van der Waals surface area contributed by atoms with Crippen molar-refractivity contribution in [2.45, 2.75) is 0 Å². The SMILES string of the molecule is CNC(=O)c1ccc(NC)c(OC)n1. The highest BCUT2D eigenvalue weighted by molar-refractivity contribution is 5.92. The Morgan fingerprint density at radius 1 is 1.43 bits per heavy atom. The Balaban J connectivity index is 3.07. The number of methoxy groups -OCH3 is 1. The highest BCUT2D eigenvalue weighted by atomic mass is 16.5. The third-order valence-electron chi connectivity index (χ3n) is 1.78. The predicted molar refractivity (Wildman–Crippen MR) is 53.7 cm³/mol. The van der Waals surface area contributed by atoms with Crippen molar-refractivity contribution in [2.24, 2.45) is 0 Å². The van der Waals surface area contributed by atoms with Gasteiger partial charge in [0.25, 0.3) is 5.91 Å². The topological polar surface area (TPSA) is 63.2 Å². The third-order valence-corrected chi connectivity index (χ3v) is 1.78. The van der Waals surface area contributed by atoms with E-state index in [9.17, 15) is 4.79 Å². The van der Waals surface area contributed by atoms with E-state index in [2.05, 4.69) is 15.6 Å². The van der Waals surface area contributed by atoms with E-state index in [1.54, 1.807) is 26.2 Å². The lowest BCUT2D eigenvalue weighted by Gasteiger charge is -2.07. The van der Waals surface area contributed by atoms with Crippen molar-refractivity contribution >= 4 is 11.6 Å². The van der Waals surface area contributed by atoms with E-state index in [1.165, 1.54) is 7.11 Å². The van der Waals surface area contributed by atoms with Crippen LogP contribution in [0, 0.1) is 0 Å². The molecule has 5 nitrogen and oxygen atoms in total. The van der Waals surface area contributed by atoms with Crippen LogP contribution in [0.3, 0.4) is 0 Å². The van der Waals surface area contributed by atoms with Crippen molar-refractivity contribution in [2.75, 3.05) is 26.5 Å². The van der Waals surface area contributed by atoms with Crippen LogP contribution in [-0.4, -0.2) is 32.1 Å². The summed E-state index contributed by atoms with van der Waals surface area (Å²) in [4.78, 5) is 15.3. The second kappa shape index (κ2) is 4.45. The fraction of sp³-hybridized carbons (Fsp3) is 0.333. The Labute approximate surface area is 82.5 Å². The zero-order valence-electron chi connectivity index (χ0n) is 8.42. The first-order valence-electron chi connectivity index (χ1n) is 4.17. The molecule has 0 radical (unpaired) electrons. The van der Waals surface area contributed by atoms with E-state index in [1.807, 2.05) is 0 Å². The van der Waals surface area contributed by atoms with Gasteiger partial charge in [0, 0.05) is 14.1 Å². The van der Waals surface area contributed by atoms with Gasteiger partial charge in [-0.05, 0) is 12.1 Å². The highest BCUT2D eigenvalue weighted by Crippen LogP contribution is 2.20. The number of aromatic nitrogens is 1. The standard InChI is InChI=1S/C9H13N3O2/c1-10-7-5-4-6(8(13)11-2)12-9(7)14-3/h4-5,10H,1-3H3,(H,11,13). The van der Waals surface area contributed by atoms with Gasteiger partial charge >= 0.3 is 0 Å². The largest absolute Gasteiger partial charge is 0.480 e. The third kappa shape index (κ3) is 1.93. The molecule has 0 saturated carbocycles. The monoisotopic (exact) mass is 195 g/mol. The quantitative estimate of drug-likeness (QED) is 0.736. The molecule has 0 saturated heterocycles. The molecule has 1 aromatic rings. The number of ether oxygens (including phenoxy) is 1. The molecule has 0 aliphatic rings. The normalized spacial score (nSPS) is 9.36. The van der Waals surface area contributed by atoms with Crippen molar-refractivity contribution in [1.29, 1.82) is 0 Å². The van der Waals surface area contributed by atoms with Crippen LogP contribution in [0.2, 0.25) is 0 Å². The van der Waals surface area contributed by atoms with Gasteiger partial charge in [0.1, 0.15) is 5.69 Å². The highest BCUT2D eigenvalue weighted by Gasteiger charge is 2.09.